The summed E-state index contributed by atoms with van der Waals surface area (Å²) in [6.45, 7) is 8.54. The quantitative estimate of drug-likeness (QED) is 0.373. The molecule has 0 radical (unpaired) electrons. The Balaban J connectivity index is 1.80. The molecule has 0 N–H and O–H groups in total. The highest BCUT2D eigenvalue weighted by atomic mass is 32.2. The van der Waals surface area contributed by atoms with Gasteiger partial charge in [-0.3, -0.25) is 0 Å². The van der Waals surface area contributed by atoms with E-state index in [4.69, 9.17) is 12.2 Å². The summed E-state index contributed by atoms with van der Waals surface area (Å²) in [5.41, 5.74) is 4.09. The second kappa shape index (κ2) is 9.62. The third-order valence-electron chi connectivity index (χ3n) is 5.99. The summed E-state index contributed by atoms with van der Waals surface area (Å²) in [5.74, 6) is 1.32. The van der Waals surface area contributed by atoms with Crippen molar-refractivity contribution < 1.29 is 0 Å². The molecule has 31 heavy (non-hydrogen) atoms. The molecule has 2 aliphatic rings. The van der Waals surface area contributed by atoms with Crippen LogP contribution >= 0.6 is 24.0 Å². The van der Waals surface area contributed by atoms with Crippen LogP contribution in [0.2, 0.25) is 0 Å². The maximum absolute atomic E-state index is 6.07. The van der Waals surface area contributed by atoms with Gasteiger partial charge in [-0.15, -0.1) is 11.8 Å². The molecular weight excluding hydrogens is 416 g/mol. The SMILES string of the molecule is CSC1=CC(C)(C)CC(=S)C1=C1N(Cc2ccccc2)CCCN1Cc1ccccc1. The van der Waals surface area contributed by atoms with E-state index in [1.54, 1.807) is 0 Å². The fourth-order valence-electron chi connectivity index (χ4n) is 4.61. The number of thioether (sulfide) groups is 1. The minimum Gasteiger partial charge on any atom is -0.353 e. The van der Waals surface area contributed by atoms with Gasteiger partial charge >= 0.3 is 0 Å². The van der Waals surface area contributed by atoms with Gasteiger partial charge in [-0.25, -0.2) is 0 Å². The second-order valence-electron chi connectivity index (χ2n) is 9.17. The lowest BCUT2D eigenvalue weighted by atomic mass is 9.80. The molecule has 0 aromatic heterocycles. The molecule has 0 atom stereocenters. The number of thiocarbonyl (C=S) groups is 1. The summed E-state index contributed by atoms with van der Waals surface area (Å²) in [6.07, 6.45) is 6.71. The van der Waals surface area contributed by atoms with E-state index in [-0.39, 0.29) is 5.41 Å². The fraction of sp³-hybridized carbons (Fsp3) is 0.370. The van der Waals surface area contributed by atoms with Gasteiger partial charge in [-0.1, -0.05) is 92.8 Å². The number of rotatable bonds is 5. The largest absolute Gasteiger partial charge is 0.353 e. The summed E-state index contributed by atoms with van der Waals surface area (Å²) in [4.78, 5) is 7.55. The van der Waals surface area contributed by atoms with Crippen molar-refractivity contribution in [3.63, 3.8) is 0 Å². The van der Waals surface area contributed by atoms with Gasteiger partial charge in [0.15, 0.2) is 0 Å². The molecule has 2 aromatic carbocycles. The van der Waals surface area contributed by atoms with Crippen molar-refractivity contribution in [3.05, 3.63) is 94.2 Å². The van der Waals surface area contributed by atoms with Crippen molar-refractivity contribution in [1.82, 2.24) is 9.80 Å². The molecule has 0 amide bonds. The van der Waals surface area contributed by atoms with Crippen molar-refractivity contribution in [2.45, 2.75) is 39.8 Å². The topological polar surface area (TPSA) is 6.48 Å². The number of allylic oxidation sites excluding steroid dienone is 2. The lowest BCUT2D eigenvalue weighted by Gasteiger charge is -2.44. The fourth-order valence-corrected chi connectivity index (χ4v) is 6.10. The van der Waals surface area contributed by atoms with Gasteiger partial charge in [0.05, 0.1) is 0 Å². The van der Waals surface area contributed by atoms with E-state index in [2.05, 4.69) is 96.6 Å². The van der Waals surface area contributed by atoms with Gasteiger partial charge in [-0.05, 0) is 35.6 Å². The predicted molar refractivity (Wildman–Crippen MR) is 138 cm³/mol. The Bertz CT molecular complexity index is 925. The van der Waals surface area contributed by atoms with Crippen molar-refractivity contribution >= 4 is 28.8 Å². The minimum atomic E-state index is 0.114. The Labute approximate surface area is 197 Å². The van der Waals surface area contributed by atoms with Gasteiger partial charge < -0.3 is 9.80 Å². The number of benzene rings is 2. The maximum atomic E-state index is 6.07. The van der Waals surface area contributed by atoms with Crippen LogP contribution in [0.5, 0.6) is 0 Å². The molecule has 1 heterocycles. The first-order valence-corrected chi connectivity index (χ1v) is 12.7. The second-order valence-corrected chi connectivity index (χ2v) is 10.5. The lowest BCUT2D eigenvalue weighted by Crippen LogP contribution is -2.44. The summed E-state index contributed by atoms with van der Waals surface area (Å²) >= 11 is 7.90. The maximum Gasteiger partial charge on any atom is 0.114 e. The molecule has 162 valence electrons. The predicted octanol–water partition coefficient (Wildman–Crippen LogP) is 6.65. The Hall–Kier alpha value is -2.04. The molecular formula is C27H32N2S2. The summed E-state index contributed by atoms with van der Waals surface area (Å²) < 4.78 is 0. The Kier molecular flexibility index (Phi) is 6.88. The van der Waals surface area contributed by atoms with E-state index in [9.17, 15) is 0 Å². The summed E-state index contributed by atoms with van der Waals surface area (Å²) in [7, 11) is 0. The van der Waals surface area contributed by atoms with Gasteiger partial charge in [-0.2, -0.15) is 0 Å². The van der Waals surface area contributed by atoms with Crippen LogP contribution in [0, 0.1) is 5.41 Å². The van der Waals surface area contributed by atoms with Crippen LogP contribution in [-0.4, -0.2) is 34.0 Å². The number of nitrogens with zero attached hydrogens (tertiary/aromatic N) is 2. The highest BCUT2D eigenvalue weighted by molar-refractivity contribution is 8.02. The zero-order chi connectivity index (χ0) is 21.8. The molecule has 0 saturated carbocycles. The Morgan fingerprint density at radius 3 is 1.87 bits per heavy atom. The van der Waals surface area contributed by atoms with Crippen LogP contribution in [0.25, 0.3) is 0 Å². The van der Waals surface area contributed by atoms with Crippen LogP contribution in [-0.2, 0) is 13.1 Å². The van der Waals surface area contributed by atoms with Crippen molar-refractivity contribution in [1.29, 1.82) is 0 Å². The molecule has 1 fully saturated rings. The summed E-state index contributed by atoms with van der Waals surface area (Å²) in [5, 5.41) is 0. The number of hydrogen-bond donors (Lipinski definition) is 0. The monoisotopic (exact) mass is 448 g/mol. The third kappa shape index (κ3) is 5.24. The normalized spacial score (nSPS) is 18.9. The van der Waals surface area contributed by atoms with Crippen molar-refractivity contribution in [3.8, 4) is 0 Å². The first-order chi connectivity index (χ1) is 15.0. The van der Waals surface area contributed by atoms with Crippen molar-refractivity contribution in [2.24, 2.45) is 5.41 Å². The molecule has 1 saturated heterocycles. The molecule has 2 nitrogen and oxygen atoms in total. The average molecular weight is 449 g/mol. The highest BCUT2D eigenvalue weighted by Crippen LogP contribution is 2.42. The van der Waals surface area contributed by atoms with Gasteiger partial charge in [0, 0.05) is 41.5 Å². The average Bonchev–Trinajstić information content (AvgIpc) is 2.75. The standard InChI is InChI=1S/C27H32N2S2/c1-27(2)17-23(30)25(24(18-27)31-3)26-28(19-21-11-6-4-7-12-21)15-10-16-29(26)20-22-13-8-5-9-14-22/h4-9,11-14,18H,10,15-17,19-20H2,1-3H3. The van der Waals surface area contributed by atoms with Crippen LogP contribution in [0.1, 0.15) is 37.8 Å². The molecule has 0 spiro atoms. The molecule has 4 rings (SSSR count). The molecule has 2 aromatic rings. The first kappa shape index (κ1) is 22.2. The molecule has 4 heteroatoms. The van der Waals surface area contributed by atoms with Gasteiger partial charge in [0.2, 0.25) is 0 Å². The summed E-state index contributed by atoms with van der Waals surface area (Å²) in [6, 6.07) is 21.6. The van der Waals surface area contributed by atoms with E-state index in [0.717, 1.165) is 43.9 Å². The number of hydrogen-bond acceptors (Lipinski definition) is 4. The van der Waals surface area contributed by atoms with Crippen LogP contribution in [0.3, 0.4) is 0 Å². The lowest BCUT2D eigenvalue weighted by molar-refractivity contribution is 0.145. The van der Waals surface area contributed by atoms with E-state index >= 15 is 0 Å². The van der Waals surface area contributed by atoms with E-state index in [0.29, 0.717) is 0 Å². The van der Waals surface area contributed by atoms with Crippen molar-refractivity contribution in [2.75, 3.05) is 19.3 Å². The van der Waals surface area contributed by atoms with Crippen LogP contribution in [0.15, 0.2) is 83.0 Å². The van der Waals surface area contributed by atoms with E-state index < -0.39 is 0 Å². The molecule has 1 aliphatic carbocycles. The van der Waals surface area contributed by atoms with E-state index in [1.165, 1.54) is 27.4 Å². The van der Waals surface area contributed by atoms with Crippen LogP contribution in [0.4, 0.5) is 0 Å². The molecule has 0 bridgehead atoms. The third-order valence-corrected chi connectivity index (χ3v) is 7.10. The highest BCUT2D eigenvalue weighted by Gasteiger charge is 2.34. The molecule has 0 unspecified atom stereocenters. The van der Waals surface area contributed by atoms with Gasteiger partial charge in [0.25, 0.3) is 0 Å². The van der Waals surface area contributed by atoms with E-state index in [1.807, 2.05) is 11.8 Å². The smallest absolute Gasteiger partial charge is 0.114 e. The zero-order valence-electron chi connectivity index (χ0n) is 18.8. The van der Waals surface area contributed by atoms with Crippen LogP contribution < -0.4 is 0 Å². The Morgan fingerprint density at radius 1 is 0.871 bits per heavy atom. The Morgan fingerprint density at radius 2 is 1.39 bits per heavy atom. The van der Waals surface area contributed by atoms with Gasteiger partial charge in [0.1, 0.15) is 5.82 Å². The first-order valence-electron chi connectivity index (χ1n) is 11.1. The molecule has 1 aliphatic heterocycles. The zero-order valence-corrected chi connectivity index (χ0v) is 20.4. The minimum absolute atomic E-state index is 0.114.